The number of hydrogen-bond acceptors (Lipinski definition) is 7. The highest BCUT2D eigenvalue weighted by Crippen LogP contribution is 2.25. The van der Waals surface area contributed by atoms with Crippen LogP contribution in [0, 0.1) is 17.0 Å². The highest BCUT2D eigenvalue weighted by Gasteiger charge is 2.06. The number of nitrogens with one attached hydrogen (secondary N) is 1. The molecule has 0 aromatic heterocycles. The van der Waals surface area contributed by atoms with Gasteiger partial charge in [-0.3, -0.25) is 14.7 Å². The van der Waals surface area contributed by atoms with Crippen LogP contribution in [0.3, 0.4) is 0 Å². The summed E-state index contributed by atoms with van der Waals surface area (Å²) in [5, 5.41) is 21.2. The summed E-state index contributed by atoms with van der Waals surface area (Å²) < 4.78 is 30.1. The molecule has 2 aromatic rings. The second-order valence-corrected chi connectivity index (χ2v) is 6.33. The molecular weight excluding hydrogens is 336 g/mol. The van der Waals surface area contributed by atoms with Gasteiger partial charge in [0.25, 0.3) is 15.8 Å². The number of hydrogen-bond donors (Lipinski definition) is 2. The van der Waals surface area contributed by atoms with E-state index >= 15 is 0 Å². The molecule has 0 aliphatic carbocycles. The van der Waals surface area contributed by atoms with Crippen molar-refractivity contribution < 1.29 is 17.9 Å². The summed E-state index contributed by atoms with van der Waals surface area (Å²) in [7, 11) is -4.10. The number of azo groups is 1. The molecule has 0 radical (unpaired) electrons. The average Bonchev–Trinajstić information content (AvgIpc) is 2.51. The van der Waals surface area contributed by atoms with E-state index in [-0.39, 0.29) is 5.69 Å². The number of nitrogens with zero attached hydrogens (tertiary/aromatic N) is 3. The third-order valence-corrected chi connectivity index (χ3v) is 3.50. The summed E-state index contributed by atoms with van der Waals surface area (Å²) in [6.45, 7) is 1.77. The molecule has 0 atom stereocenters. The SMILES string of the molecule is Cc1cc(NCS(=O)(=O)O)ccc1N=Nc1ccc([N+](=O)[O-])cc1. The van der Waals surface area contributed by atoms with Gasteiger partial charge in [0.05, 0.1) is 16.3 Å². The van der Waals surface area contributed by atoms with Crippen molar-refractivity contribution in [3.8, 4) is 0 Å². The van der Waals surface area contributed by atoms with Crippen LogP contribution >= 0.6 is 0 Å². The molecule has 10 heteroatoms. The van der Waals surface area contributed by atoms with Gasteiger partial charge in [-0.2, -0.15) is 18.6 Å². The molecule has 0 fully saturated rings. The zero-order valence-corrected chi connectivity index (χ0v) is 13.4. The largest absolute Gasteiger partial charge is 0.370 e. The van der Waals surface area contributed by atoms with Crippen molar-refractivity contribution in [1.82, 2.24) is 0 Å². The summed E-state index contributed by atoms with van der Waals surface area (Å²) in [5.74, 6) is -0.587. The lowest BCUT2D eigenvalue weighted by Crippen LogP contribution is -2.12. The Bertz CT molecular complexity index is 879. The maximum Gasteiger partial charge on any atom is 0.283 e. The van der Waals surface area contributed by atoms with E-state index in [9.17, 15) is 18.5 Å². The van der Waals surface area contributed by atoms with Crippen LogP contribution in [0.1, 0.15) is 5.56 Å². The third kappa shape index (κ3) is 5.11. The van der Waals surface area contributed by atoms with Crippen LogP contribution in [0.15, 0.2) is 52.7 Å². The highest BCUT2D eigenvalue weighted by atomic mass is 32.2. The molecule has 0 bridgehead atoms. The van der Waals surface area contributed by atoms with Gasteiger partial charge in [-0.25, -0.2) is 0 Å². The third-order valence-electron chi connectivity index (χ3n) is 2.99. The Morgan fingerprint density at radius 2 is 1.83 bits per heavy atom. The number of anilines is 1. The van der Waals surface area contributed by atoms with E-state index < -0.39 is 20.9 Å². The minimum atomic E-state index is -4.10. The van der Waals surface area contributed by atoms with Crippen LogP contribution in [-0.4, -0.2) is 23.8 Å². The van der Waals surface area contributed by atoms with E-state index in [0.717, 1.165) is 5.56 Å². The number of non-ortho nitro benzene ring substituents is 1. The van der Waals surface area contributed by atoms with Crippen LogP contribution in [0.2, 0.25) is 0 Å². The Morgan fingerprint density at radius 1 is 1.17 bits per heavy atom. The van der Waals surface area contributed by atoms with Crippen LogP contribution in [-0.2, 0) is 10.1 Å². The Kier molecular flexibility index (Phi) is 5.21. The molecular formula is C14H14N4O5S. The number of nitro benzene ring substituents is 1. The number of benzene rings is 2. The minimum absolute atomic E-state index is 0.0283. The van der Waals surface area contributed by atoms with Gasteiger partial charge in [-0.05, 0) is 42.8 Å². The summed E-state index contributed by atoms with van der Waals surface area (Å²) >= 11 is 0. The molecule has 2 aromatic carbocycles. The molecule has 0 aliphatic rings. The van der Waals surface area contributed by atoms with Gasteiger partial charge in [0.2, 0.25) is 0 Å². The standard InChI is InChI=1S/C14H14N4O5S/c1-10-8-12(15-9-24(21,22)23)4-7-14(10)17-16-11-2-5-13(6-3-11)18(19)20/h2-8,15H,9H2,1H3,(H,21,22,23). The molecule has 0 spiro atoms. The summed E-state index contributed by atoms with van der Waals surface area (Å²) in [6.07, 6.45) is 0. The van der Waals surface area contributed by atoms with E-state index in [0.29, 0.717) is 17.1 Å². The smallest absolute Gasteiger partial charge is 0.283 e. The van der Waals surface area contributed by atoms with Crippen LogP contribution < -0.4 is 5.32 Å². The van der Waals surface area contributed by atoms with Gasteiger partial charge in [-0.1, -0.05) is 0 Å². The fourth-order valence-electron chi connectivity index (χ4n) is 1.80. The Balaban J connectivity index is 2.10. The Hall–Kier alpha value is -2.85. The molecule has 0 heterocycles. The van der Waals surface area contributed by atoms with Crippen molar-refractivity contribution in [3.05, 3.63) is 58.1 Å². The molecule has 0 saturated heterocycles. The summed E-state index contributed by atoms with van der Waals surface area (Å²) in [6, 6.07) is 10.5. The first kappa shape index (κ1) is 17.5. The molecule has 2 N–H and O–H groups in total. The van der Waals surface area contributed by atoms with E-state index in [1.807, 2.05) is 0 Å². The predicted octanol–water partition coefficient (Wildman–Crippen LogP) is 3.58. The van der Waals surface area contributed by atoms with Gasteiger partial charge in [0, 0.05) is 17.8 Å². The first-order chi connectivity index (χ1) is 11.2. The predicted molar refractivity (Wildman–Crippen MR) is 88.5 cm³/mol. The van der Waals surface area contributed by atoms with Gasteiger partial charge < -0.3 is 5.32 Å². The molecule has 0 saturated carbocycles. The molecule has 24 heavy (non-hydrogen) atoms. The fourth-order valence-corrected chi connectivity index (χ4v) is 2.15. The molecule has 0 unspecified atom stereocenters. The molecule has 126 valence electrons. The highest BCUT2D eigenvalue weighted by molar-refractivity contribution is 7.85. The zero-order chi connectivity index (χ0) is 17.7. The number of aryl methyl sites for hydroxylation is 1. The number of rotatable bonds is 6. The van der Waals surface area contributed by atoms with Gasteiger partial charge >= 0.3 is 0 Å². The monoisotopic (exact) mass is 350 g/mol. The maximum atomic E-state index is 10.7. The molecule has 9 nitrogen and oxygen atoms in total. The van der Waals surface area contributed by atoms with E-state index in [2.05, 4.69) is 15.5 Å². The molecule has 0 aliphatic heterocycles. The van der Waals surface area contributed by atoms with E-state index in [1.54, 1.807) is 25.1 Å². The average molecular weight is 350 g/mol. The first-order valence-corrected chi connectivity index (χ1v) is 8.31. The summed E-state index contributed by atoms with van der Waals surface area (Å²) in [4.78, 5) is 10.1. The quantitative estimate of drug-likeness (QED) is 0.354. The van der Waals surface area contributed by atoms with Gasteiger partial charge in [-0.15, -0.1) is 0 Å². The van der Waals surface area contributed by atoms with Crippen molar-refractivity contribution in [1.29, 1.82) is 0 Å². The van der Waals surface area contributed by atoms with Gasteiger partial charge in [0.15, 0.2) is 0 Å². The lowest BCUT2D eigenvalue weighted by Gasteiger charge is -2.06. The second-order valence-electron chi connectivity index (χ2n) is 4.88. The zero-order valence-electron chi connectivity index (χ0n) is 12.6. The second kappa shape index (κ2) is 7.15. The Morgan fingerprint density at radius 3 is 2.38 bits per heavy atom. The van der Waals surface area contributed by atoms with Crippen LogP contribution in [0.4, 0.5) is 22.7 Å². The molecule has 2 rings (SSSR count). The minimum Gasteiger partial charge on any atom is -0.370 e. The van der Waals surface area contributed by atoms with E-state index in [1.165, 1.54) is 24.3 Å². The topological polar surface area (TPSA) is 134 Å². The van der Waals surface area contributed by atoms with Crippen molar-refractivity contribution in [3.63, 3.8) is 0 Å². The lowest BCUT2D eigenvalue weighted by molar-refractivity contribution is -0.384. The normalized spacial score (nSPS) is 11.6. The Labute approximate surface area is 137 Å². The summed E-state index contributed by atoms with van der Waals surface area (Å²) in [5.41, 5.74) is 2.25. The van der Waals surface area contributed by atoms with Crippen molar-refractivity contribution in [2.24, 2.45) is 10.2 Å². The number of nitro groups is 1. The fraction of sp³-hybridized carbons (Fsp3) is 0.143. The van der Waals surface area contributed by atoms with Crippen molar-refractivity contribution >= 4 is 32.9 Å². The van der Waals surface area contributed by atoms with Crippen LogP contribution in [0.25, 0.3) is 0 Å². The first-order valence-electron chi connectivity index (χ1n) is 6.70. The van der Waals surface area contributed by atoms with Gasteiger partial charge in [0.1, 0.15) is 5.88 Å². The van der Waals surface area contributed by atoms with Crippen LogP contribution in [0.5, 0.6) is 0 Å². The lowest BCUT2D eigenvalue weighted by atomic mass is 10.2. The van der Waals surface area contributed by atoms with Crippen molar-refractivity contribution in [2.45, 2.75) is 6.92 Å². The molecule has 0 amide bonds. The van der Waals surface area contributed by atoms with Crippen molar-refractivity contribution in [2.75, 3.05) is 11.2 Å². The maximum absolute atomic E-state index is 10.7. The van der Waals surface area contributed by atoms with E-state index in [4.69, 9.17) is 4.55 Å².